The van der Waals surface area contributed by atoms with Gasteiger partial charge in [-0.1, -0.05) is 17.7 Å². The standard InChI is InChI=1S/C18H22/c1-9(2)16-14-7-8-15(16)18-13(6)11(4)10(3)12(5)17(14)18/h7-8,14-15H,1-6H3/t14-,15+. The lowest BCUT2D eigenvalue weighted by Gasteiger charge is -2.20. The van der Waals surface area contributed by atoms with E-state index < -0.39 is 0 Å². The van der Waals surface area contributed by atoms with Gasteiger partial charge in [0.2, 0.25) is 0 Å². The summed E-state index contributed by atoms with van der Waals surface area (Å²) in [6.07, 6.45) is 4.83. The lowest BCUT2D eigenvalue weighted by Crippen LogP contribution is -2.04. The van der Waals surface area contributed by atoms with Crippen molar-refractivity contribution in [2.24, 2.45) is 0 Å². The van der Waals surface area contributed by atoms with Crippen molar-refractivity contribution in [1.82, 2.24) is 0 Å². The first-order valence-electron chi connectivity index (χ1n) is 6.90. The summed E-state index contributed by atoms with van der Waals surface area (Å²) in [5.41, 5.74) is 12.4. The van der Waals surface area contributed by atoms with E-state index in [1.54, 1.807) is 16.7 Å². The highest BCUT2D eigenvalue weighted by atomic mass is 14.4. The summed E-state index contributed by atoms with van der Waals surface area (Å²) >= 11 is 0. The smallest absolute Gasteiger partial charge is 0.0246 e. The van der Waals surface area contributed by atoms with Crippen LogP contribution in [-0.2, 0) is 0 Å². The van der Waals surface area contributed by atoms with E-state index in [0.717, 1.165) is 0 Å². The molecule has 2 atom stereocenters. The van der Waals surface area contributed by atoms with Crippen LogP contribution in [-0.4, -0.2) is 0 Å². The van der Waals surface area contributed by atoms with Crippen molar-refractivity contribution in [2.75, 3.05) is 0 Å². The van der Waals surface area contributed by atoms with Crippen LogP contribution in [0.1, 0.15) is 59.1 Å². The van der Waals surface area contributed by atoms with Crippen molar-refractivity contribution < 1.29 is 0 Å². The van der Waals surface area contributed by atoms with Crippen LogP contribution in [0.5, 0.6) is 0 Å². The van der Waals surface area contributed by atoms with Crippen LogP contribution in [0.3, 0.4) is 0 Å². The Morgan fingerprint density at radius 3 is 1.44 bits per heavy atom. The molecular formula is C18H22. The Morgan fingerprint density at radius 2 is 1.11 bits per heavy atom. The van der Waals surface area contributed by atoms with Gasteiger partial charge in [-0.25, -0.2) is 0 Å². The Bertz CT molecular complexity index is 561. The first-order valence-corrected chi connectivity index (χ1v) is 6.90. The zero-order valence-electron chi connectivity index (χ0n) is 12.3. The van der Waals surface area contributed by atoms with Gasteiger partial charge in [0.15, 0.2) is 0 Å². The summed E-state index contributed by atoms with van der Waals surface area (Å²) in [6.45, 7) is 13.7. The van der Waals surface area contributed by atoms with Gasteiger partial charge >= 0.3 is 0 Å². The summed E-state index contributed by atoms with van der Waals surface area (Å²) < 4.78 is 0. The van der Waals surface area contributed by atoms with E-state index in [4.69, 9.17) is 0 Å². The zero-order chi connectivity index (χ0) is 13.2. The number of rotatable bonds is 0. The van der Waals surface area contributed by atoms with Crippen molar-refractivity contribution in [1.29, 1.82) is 0 Å². The molecule has 0 heterocycles. The van der Waals surface area contributed by atoms with E-state index in [0.29, 0.717) is 11.8 Å². The van der Waals surface area contributed by atoms with Crippen molar-refractivity contribution in [3.8, 4) is 0 Å². The Balaban J connectivity index is 2.38. The van der Waals surface area contributed by atoms with E-state index >= 15 is 0 Å². The van der Waals surface area contributed by atoms with Gasteiger partial charge in [-0.3, -0.25) is 0 Å². The molecule has 0 N–H and O–H groups in total. The predicted octanol–water partition coefficient (Wildman–Crippen LogP) is 5.01. The average Bonchev–Trinajstić information content (AvgIpc) is 2.88. The molecule has 1 aromatic carbocycles. The molecule has 3 rings (SSSR count). The van der Waals surface area contributed by atoms with E-state index in [1.165, 1.54) is 27.8 Å². The third kappa shape index (κ3) is 1.21. The molecule has 0 spiro atoms. The third-order valence-electron chi connectivity index (χ3n) is 5.15. The third-order valence-corrected chi connectivity index (χ3v) is 5.15. The molecule has 0 aliphatic heterocycles. The fourth-order valence-corrected chi connectivity index (χ4v) is 3.92. The largest absolute Gasteiger partial charge is 0.0760 e. The summed E-state index contributed by atoms with van der Waals surface area (Å²) in [5, 5.41) is 0. The maximum Gasteiger partial charge on any atom is 0.0246 e. The van der Waals surface area contributed by atoms with E-state index in [-0.39, 0.29) is 0 Å². The highest BCUT2D eigenvalue weighted by molar-refractivity contribution is 5.67. The molecule has 0 radical (unpaired) electrons. The Hall–Kier alpha value is -1.30. The van der Waals surface area contributed by atoms with Gasteiger partial charge < -0.3 is 0 Å². The summed E-state index contributed by atoms with van der Waals surface area (Å²) in [6, 6.07) is 0. The van der Waals surface area contributed by atoms with Crippen LogP contribution >= 0.6 is 0 Å². The van der Waals surface area contributed by atoms with E-state index in [1.807, 2.05) is 0 Å². The first-order chi connectivity index (χ1) is 8.45. The molecule has 0 amide bonds. The highest BCUT2D eigenvalue weighted by Crippen LogP contribution is 2.56. The molecule has 2 aliphatic rings. The molecule has 0 nitrogen and oxygen atoms in total. The second-order valence-corrected chi connectivity index (χ2v) is 6.12. The van der Waals surface area contributed by atoms with Gasteiger partial charge in [0, 0.05) is 11.8 Å². The van der Waals surface area contributed by atoms with Crippen LogP contribution in [0.15, 0.2) is 23.3 Å². The van der Waals surface area contributed by atoms with Crippen molar-refractivity contribution >= 4 is 0 Å². The van der Waals surface area contributed by atoms with Crippen LogP contribution in [0.25, 0.3) is 0 Å². The van der Waals surface area contributed by atoms with Crippen LogP contribution in [0.2, 0.25) is 0 Å². The molecule has 2 aliphatic carbocycles. The number of hydrogen-bond acceptors (Lipinski definition) is 0. The lowest BCUT2D eigenvalue weighted by molar-refractivity contribution is 0.986. The topological polar surface area (TPSA) is 0 Å². The number of hydrogen-bond donors (Lipinski definition) is 0. The monoisotopic (exact) mass is 238 g/mol. The SMILES string of the molecule is CC(C)=C1[C@H]2C=C[C@@H]1c1c(C)c(C)c(C)c(C)c12. The van der Waals surface area contributed by atoms with Crippen molar-refractivity contribution in [2.45, 2.75) is 53.4 Å². The van der Waals surface area contributed by atoms with Gasteiger partial charge in [0.05, 0.1) is 0 Å². The van der Waals surface area contributed by atoms with Crippen molar-refractivity contribution in [3.05, 3.63) is 56.7 Å². The zero-order valence-corrected chi connectivity index (χ0v) is 12.3. The molecule has 0 aromatic heterocycles. The maximum absolute atomic E-state index is 2.41. The molecule has 0 unspecified atom stereocenters. The summed E-state index contributed by atoms with van der Waals surface area (Å²) in [4.78, 5) is 0. The summed E-state index contributed by atoms with van der Waals surface area (Å²) in [5.74, 6) is 1.13. The maximum atomic E-state index is 2.41. The van der Waals surface area contributed by atoms with Gasteiger partial charge in [-0.2, -0.15) is 0 Å². The second-order valence-electron chi connectivity index (χ2n) is 6.12. The Labute approximate surface area is 110 Å². The quantitative estimate of drug-likeness (QED) is 0.557. The molecule has 18 heavy (non-hydrogen) atoms. The molecule has 1 aromatic rings. The van der Waals surface area contributed by atoms with E-state index in [2.05, 4.69) is 53.7 Å². The molecule has 2 bridgehead atoms. The number of fused-ring (bicyclic) bond motifs is 5. The van der Waals surface area contributed by atoms with Crippen LogP contribution < -0.4 is 0 Å². The van der Waals surface area contributed by atoms with Gasteiger partial charge in [-0.15, -0.1) is 0 Å². The second kappa shape index (κ2) is 3.60. The van der Waals surface area contributed by atoms with E-state index in [9.17, 15) is 0 Å². The Morgan fingerprint density at radius 1 is 0.722 bits per heavy atom. The van der Waals surface area contributed by atoms with Gasteiger partial charge in [0.1, 0.15) is 0 Å². The van der Waals surface area contributed by atoms with Gasteiger partial charge in [-0.05, 0) is 80.5 Å². The first kappa shape index (κ1) is 11.8. The van der Waals surface area contributed by atoms with Crippen LogP contribution in [0, 0.1) is 27.7 Å². The number of allylic oxidation sites excluding steroid dienone is 4. The minimum absolute atomic E-state index is 0.563. The Kier molecular flexibility index (Phi) is 2.35. The molecule has 0 fully saturated rings. The summed E-state index contributed by atoms with van der Waals surface area (Å²) in [7, 11) is 0. The molecular weight excluding hydrogens is 216 g/mol. The average molecular weight is 238 g/mol. The van der Waals surface area contributed by atoms with Gasteiger partial charge in [0.25, 0.3) is 0 Å². The van der Waals surface area contributed by atoms with Crippen molar-refractivity contribution in [3.63, 3.8) is 0 Å². The molecule has 0 heteroatoms. The fraction of sp³-hybridized carbons (Fsp3) is 0.444. The predicted molar refractivity (Wildman–Crippen MR) is 78.4 cm³/mol. The lowest BCUT2D eigenvalue weighted by atomic mass is 9.84. The normalized spacial score (nSPS) is 23.8. The molecule has 0 saturated heterocycles. The molecule has 0 saturated carbocycles. The minimum atomic E-state index is 0.563. The highest BCUT2D eigenvalue weighted by Gasteiger charge is 2.40. The fourth-order valence-electron chi connectivity index (χ4n) is 3.92. The van der Waals surface area contributed by atoms with Crippen LogP contribution in [0.4, 0.5) is 0 Å². The minimum Gasteiger partial charge on any atom is -0.0760 e. The number of benzene rings is 1. The molecule has 94 valence electrons.